The molecule has 0 fully saturated rings. The van der Waals surface area contributed by atoms with Crippen molar-refractivity contribution in [3.8, 4) is 5.75 Å². The molecule has 0 aliphatic carbocycles. The molecule has 0 aliphatic heterocycles. The molecule has 0 saturated carbocycles. The maximum absolute atomic E-state index is 13.5. The molecule has 2 aromatic rings. The Hall–Kier alpha value is -2.25. The van der Waals surface area contributed by atoms with Crippen LogP contribution >= 0.6 is 11.8 Å². The number of aliphatic imine (C=N–C) groups is 1. The second-order valence-electron chi connectivity index (χ2n) is 6.38. The lowest BCUT2D eigenvalue weighted by atomic mass is 10.1. The minimum atomic E-state index is -0.201. The van der Waals surface area contributed by atoms with Crippen LogP contribution in [0.5, 0.6) is 5.75 Å². The van der Waals surface area contributed by atoms with Crippen LogP contribution in [0.2, 0.25) is 0 Å². The highest BCUT2D eigenvalue weighted by molar-refractivity contribution is 7.97. The average Bonchev–Trinajstić information content (AvgIpc) is 2.72. The molecule has 0 amide bonds. The molecule has 2 aromatic carbocycles. The van der Waals surface area contributed by atoms with E-state index in [0.717, 1.165) is 40.7 Å². The number of thioether (sulfide) groups is 1. The highest BCUT2D eigenvalue weighted by Crippen LogP contribution is 2.17. The molecule has 0 heterocycles. The van der Waals surface area contributed by atoms with Gasteiger partial charge in [0, 0.05) is 26.0 Å². The van der Waals surface area contributed by atoms with Gasteiger partial charge in [-0.2, -0.15) is 11.8 Å². The number of hydrogen-bond donors (Lipinski definition) is 2. The summed E-state index contributed by atoms with van der Waals surface area (Å²) in [6.07, 6.45) is 2.02. The third kappa shape index (κ3) is 8.33. The summed E-state index contributed by atoms with van der Waals surface area (Å²) in [7, 11) is 1.65. The van der Waals surface area contributed by atoms with Gasteiger partial charge in [0.1, 0.15) is 18.2 Å². The summed E-state index contributed by atoms with van der Waals surface area (Å²) in [5.41, 5.74) is 3.17. The van der Waals surface area contributed by atoms with Crippen LogP contribution in [0, 0.1) is 5.82 Å². The number of halogens is 1. The first-order valence-corrected chi connectivity index (χ1v) is 11.0. The first-order chi connectivity index (χ1) is 14.2. The predicted octanol–water partition coefficient (Wildman–Crippen LogP) is 3.97. The standard InChI is InChI=1S/C22H30FN3O2S/c1-4-24-22(26-15-18-7-8-20(23)13-19(18)16-29-3)25-14-17-5-9-21(10-6-17)28-12-11-27-2/h5-10,13H,4,11-12,14-16H2,1-3H3,(H2,24,25,26). The van der Waals surface area contributed by atoms with E-state index in [0.29, 0.717) is 26.3 Å². The Morgan fingerprint density at radius 2 is 1.86 bits per heavy atom. The van der Waals surface area contributed by atoms with Crippen molar-refractivity contribution >= 4 is 17.7 Å². The molecule has 2 N–H and O–H groups in total. The first-order valence-electron chi connectivity index (χ1n) is 9.65. The van der Waals surface area contributed by atoms with E-state index in [-0.39, 0.29) is 5.82 Å². The molecule has 5 nitrogen and oxygen atoms in total. The molecule has 0 radical (unpaired) electrons. The van der Waals surface area contributed by atoms with Gasteiger partial charge in [-0.1, -0.05) is 18.2 Å². The largest absolute Gasteiger partial charge is 0.491 e. The Morgan fingerprint density at radius 1 is 1.07 bits per heavy atom. The van der Waals surface area contributed by atoms with E-state index in [9.17, 15) is 4.39 Å². The molecule has 0 aromatic heterocycles. The molecule has 29 heavy (non-hydrogen) atoms. The average molecular weight is 420 g/mol. The third-order valence-corrected chi connectivity index (χ3v) is 4.76. The van der Waals surface area contributed by atoms with E-state index >= 15 is 0 Å². The number of nitrogens with one attached hydrogen (secondary N) is 2. The first kappa shape index (κ1) is 23.0. The van der Waals surface area contributed by atoms with Crippen molar-refractivity contribution < 1.29 is 13.9 Å². The number of benzene rings is 2. The van der Waals surface area contributed by atoms with Gasteiger partial charge >= 0.3 is 0 Å². The van der Waals surface area contributed by atoms with Crippen LogP contribution in [-0.2, 0) is 23.6 Å². The Bertz CT molecular complexity index is 769. The predicted molar refractivity (Wildman–Crippen MR) is 119 cm³/mol. The Morgan fingerprint density at radius 3 is 2.55 bits per heavy atom. The summed E-state index contributed by atoms with van der Waals surface area (Å²) in [6, 6.07) is 12.8. The second-order valence-corrected chi connectivity index (χ2v) is 7.25. The van der Waals surface area contributed by atoms with Gasteiger partial charge in [0.15, 0.2) is 5.96 Å². The molecule has 0 aliphatic rings. The van der Waals surface area contributed by atoms with Crippen LogP contribution in [0.25, 0.3) is 0 Å². The molecule has 2 rings (SSSR count). The lowest BCUT2D eigenvalue weighted by molar-refractivity contribution is 0.146. The van der Waals surface area contributed by atoms with E-state index in [1.807, 2.05) is 43.5 Å². The van der Waals surface area contributed by atoms with Crippen molar-refractivity contribution in [2.45, 2.75) is 25.8 Å². The van der Waals surface area contributed by atoms with Gasteiger partial charge in [-0.05, 0) is 54.1 Å². The molecule has 0 atom stereocenters. The fourth-order valence-electron chi connectivity index (χ4n) is 2.68. The van der Waals surface area contributed by atoms with E-state index in [2.05, 4.69) is 15.6 Å². The van der Waals surface area contributed by atoms with Gasteiger partial charge < -0.3 is 20.1 Å². The number of ether oxygens (including phenoxy) is 2. The highest BCUT2D eigenvalue weighted by atomic mass is 32.2. The number of nitrogens with zero attached hydrogens (tertiary/aromatic N) is 1. The van der Waals surface area contributed by atoms with E-state index in [4.69, 9.17) is 9.47 Å². The fraction of sp³-hybridized carbons (Fsp3) is 0.409. The molecular formula is C22H30FN3O2S. The molecular weight excluding hydrogens is 389 g/mol. The van der Waals surface area contributed by atoms with Crippen LogP contribution in [0.4, 0.5) is 4.39 Å². The quantitative estimate of drug-likeness (QED) is 0.328. The molecule has 0 unspecified atom stereocenters. The van der Waals surface area contributed by atoms with Crippen molar-refractivity contribution in [2.24, 2.45) is 4.99 Å². The van der Waals surface area contributed by atoms with Gasteiger partial charge in [-0.15, -0.1) is 0 Å². The number of hydrogen-bond acceptors (Lipinski definition) is 4. The SMILES string of the molecule is CCNC(=NCc1ccc(OCCOC)cc1)NCc1ccc(F)cc1CSC. The monoisotopic (exact) mass is 419 g/mol. The minimum absolute atomic E-state index is 0.201. The molecule has 7 heteroatoms. The molecule has 158 valence electrons. The zero-order valence-electron chi connectivity index (χ0n) is 17.3. The van der Waals surface area contributed by atoms with Gasteiger partial charge in [-0.3, -0.25) is 0 Å². The van der Waals surface area contributed by atoms with E-state index in [1.165, 1.54) is 6.07 Å². The van der Waals surface area contributed by atoms with Crippen LogP contribution < -0.4 is 15.4 Å². The summed E-state index contributed by atoms with van der Waals surface area (Å²) in [6.45, 7) is 5.03. The molecule has 0 saturated heterocycles. The second kappa shape index (κ2) is 13.1. The summed E-state index contributed by atoms with van der Waals surface area (Å²) < 4.78 is 24.1. The van der Waals surface area contributed by atoms with Crippen LogP contribution in [-0.4, -0.2) is 39.1 Å². The maximum atomic E-state index is 13.5. The topological polar surface area (TPSA) is 54.9 Å². The van der Waals surface area contributed by atoms with Crippen molar-refractivity contribution in [3.05, 3.63) is 65.0 Å². The van der Waals surface area contributed by atoms with E-state index < -0.39 is 0 Å². The van der Waals surface area contributed by atoms with Crippen molar-refractivity contribution in [3.63, 3.8) is 0 Å². The summed E-state index contributed by atoms with van der Waals surface area (Å²) in [4.78, 5) is 4.65. The van der Waals surface area contributed by atoms with Crippen LogP contribution in [0.15, 0.2) is 47.5 Å². The van der Waals surface area contributed by atoms with Crippen molar-refractivity contribution in [2.75, 3.05) is 33.1 Å². The van der Waals surface area contributed by atoms with Gasteiger partial charge in [0.2, 0.25) is 0 Å². The van der Waals surface area contributed by atoms with Gasteiger partial charge in [0.05, 0.1) is 13.2 Å². The summed E-state index contributed by atoms with van der Waals surface area (Å²) >= 11 is 1.68. The Balaban J connectivity index is 1.96. The number of rotatable bonds is 11. The van der Waals surface area contributed by atoms with E-state index in [1.54, 1.807) is 24.9 Å². The Kier molecular flexibility index (Phi) is 10.4. The van der Waals surface area contributed by atoms with Crippen LogP contribution in [0.3, 0.4) is 0 Å². The highest BCUT2D eigenvalue weighted by Gasteiger charge is 2.06. The molecule has 0 bridgehead atoms. The van der Waals surface area contributed by atoms with Crippen molar-refractivity contribution in [1.82, 2.24) is 10.6 Å². The number of methoxy groups -OCH3 is 1. The maximum Gasteiger partial charge on any atom is 0.191 e. The van der Waals surface area contributed by atoms with Crippen LogP contribution in [0.1, 0.15) is 23.6 Å². The zero-order valence-corrected chi connectivity index (χ0v) is 18.2. The van der Waals surface area contributed by atoms with Gasteiger partial charge in [-0.25, -0.2) is 9.38 Å². The normalized spacial score (nSPS) is 11.4. The lowest BCUT2D eigenvalue weighted by Crippen LogP contribution is -2.37. The van der Waals surface area contributed by atoms with Gasteiger partial charge in [0.25, 0.3) is 0 Å². The smallest absolute Gasteiger partial charge is 0.191 e. The minimum Gasteiger partial charge on any atom is -0.491 e. The Labute approximate surface area is 177 Å². The third-order valence-electron chi connectivity index (χ3n) is 4.16. The number of guanidine groups is 1. The molecule has 0 spiro atoms. The zero-order chi connectivity index (χ0) is 20.9. The summed E-state index contributed by atoms with van der Waals surface area (Å²) in [5.74, 6) is 2.12. The fourth-order valence-corrected chi connectivity index (χ4v) is 3.26. The summed E-state index contributed by atoms with van der Waals surface area (Å²) in [5, 5.41) is 6.59. The lowest BCUT2D eigenvalue weighted by Gasteiger charge is -2.14. The van der Waals surface area contributed by atoms with Crippen molar-refractivity contribution in [1.29, 1.82) is 0 Å².